The summed E-state index contributed by atoms with van der Waals surface area (Å²) in [4.78, 5) is 27.4. The number of carbonyl (C=O) groups is 2. The first kappa shape index (κ1) is 24.9. The quantitative estimate of drug-likeness (QED) is 0.441. The zero-order chi connectivity index (χ0) is 25.8. The van der Waals surface area contributed by atoms with Gasteiger partial charge in [-0.25, -0.2) is 0 Å². The van der Waals surface area contributed by atoms with Crippen molar-refractivity contribution in [2.45, 2.75) is 12.0 Å². The summed E-state index contributed by atoms with van der Waals surface area (Å²) in [6.07, 6.45) is 0. The van der Waals surface area contributed by atoms with Crippen LogP contribution in [0.5, 0.6) is 23.0 Å². The van der Waals surface area contributed by atoms with Crippen molar-refractivity contribution in [2.75, 3.05) is 45.2 Å². The second-order valence-electron chi connectivity index (χ2n) is 8.14. The van der Waals surface area contributed by atoms with Gasteiger partial charge in [0.2, 0.25) is 17.6 Å². The van der Waals surface area contributed by atoms with Crippen LogP contribution >= 0.6 is 0 Å². The molecule has 36 heavy (non-hydrogen) atoms. The first-order valence-electron chi connectivity index (χ1n) is 11.3. The molecule has 1 aliphatic rings. The number of hydrogen-bond donors (Lipinski definition) is 2. The molecule has 0 unspecified atom stereocenters. The van der Waals surface area contributed by atoms with E-state index in [0.717, 1.165) is 11.1 Å². The fraction of sp³-hybridized carbons (Fsp3) is 0.259. The van der Waals surface area contributed by atoms with E-state index in [4.69, 9.17) is 24.7 Å². The van der Waals surface area contributed by atoms with Gasteiger partial charge in [-0.1, -0.05) is 36.4 Å². The van der Waals surface area contributed by atoms with E-state index in [1.807, 2.05) is 42.5 Å². The van der Waals surface area contributed by atoms with Crippen molar-refractivity contribution < 1.29 is 28.5 Å². The van der Waals surface area contributed by atoms with Crippen molar-refractivity contribution in [3.63, 3.8) is 0 Å². The van der Waals surface area contributed by atoms with Gasteiger partial charge in [0.05, 0.1) is 58.3 Å². The Morgan fingerprint density at radius 1 is 0.861 bits per heavy atom. The molecule has 0 aromatic heterocycles. The lowest BCUT2D eigenvalue weighted by atomic mass is 9.77. The number of benzene rings is 3. The normalized spacial score (nSPS) is 16.7. The van der Waals surface area contributed by atoms with E-state index in [0.29, 0.717) is 34.4 Å². The fourth-order valence-electron chi connectivity index (χ4n) is 4.52. The molecule has 1 saturated heterocycles. The minimum absolute atomic E-state index is 0.0798. The van der Waals surface area contributed by atoms with Crippen LogP contribution in [0.3, 0.4) is 0 Å². The van der Waals surface area contributed by atoms with Crippen molar-refractivity contribution in [1.82, 2.24) is 0 Å². The highest BCUT2D eigenvalue weighted by atomic mass is 16.5. The van der Waals surface area contributed by atoms with Gasteiger partial charge in [-0.05, 0) is 23.3 Å². The summed E-state index contributed by atoms with van der Waals surface area (Å²) in [7, 11) is 6.10. The lowest BCUT2D eigenvalue weighted by Crippen LogP contribution is -2.53. The van der Waals surface area contributed by atoms with E-state index in [9.17, 15) is 9.59 Å². The number of anilines is 2. The second-order valence-corrected chi connectivity index (χ2v) is 8.14. The summed E-state index contributed by atoms with van der Waals surface area (Å²) in [5, 5.41) is 2.78. The Balaban J connectivity index is 1.85. The molecule has 2 amide bonds. The molecular formula is C27H29N3O6. The molecule has 2 atom stereocenters. The van der Waals surface area contributed by atoms with Gasteiger partial charge in [-0.2, -0.15) is 0 Å². The molecule has 0 radical (unpaired) electrons. The Bertz CT molecular complexity index is 1240. The molecule has 0 saturated carbocycles. The maximum absolute atomic E-state index is 13.6. The molecule has 9 nitrogen and oxygen atoms in total. The third-order valence-electron chi connectivity index (χ3n) is 6.21. The first-order chi connectivity index (χ1) is 17.5. The number of methoxy groups -OCH3 is 4. The highest BCUT2D eigenvalue weighted by molar-refractivity contribution is 6.07. The summed E-state index contributed by atoms with van der Waals surface area (Å²) in [5.74, 6) is 0.932. The Hall–Kier alpha value is -4.24. The number of hydrogen-bond acceptors (Lipinski definition) is 7. The Kier molecular flexibility index (Phi) is 7.30. The van der Waals surface area contributed by atoms with Crippen LogP contribution in [0.25, 0.3) is 0 Å². The fourth-order valence-corrected chi connectivity index (χ4v) is 4.52. The monoisotopic (exact) mass is 491 g/mol. The van der Waals surface area contributed by atoms with Crippen LogP contribution in [0, 0.1) is 0 Å². The standard InChI is InChI=1S/C27H29N3O6/c1-33-20-11-10-17(12-19(20)29-23(31)15-28)25-24(16-8-6-5-7-9-16)27(32)30(25)18-13-21(34-2)26(36-4)22(14-18)35-3/h5-14,24-25H,15,28H2,1-4H3,(H,29,31)/t24-,25-/m0/s1. The summed E-state index contributed by atoms with van der Waals surface area (Å²) in [5.41, 5.74) is 8.26. The van der Waals surface area contributed by atoms with E-state index >= 15 is 0 Å². The van der Waals surface area contributed by atoms with Crippen LogP contribution in [0.2, 0.25) is 0 Å². The lowest BCUT2D eigenvalue weighted by Gasteiger charge is -2.48. The van der Waals surface area contributed by atoms with Crippen molar-refractivity contribution in [1.29, 1.82) is 0 Å². The highest BCUT2D eigenvalue weighted by Gasteiger charge is 2.50. The van der Waals surface area contributed by atoms with Crippen LogP contribution in [-0.2, 0) is 9.59 Å². The zero-order valence-electron chi connectivity index (χ0n) is 20.6. The minimum Gasteiger partial charge on any atom is -0.495 e. The Labute approximate surface area is 209 Å². The lowest BCUT2D eigenvalue weighted by molar-refractivity contribution is -0.126. The predicted molar refractivity (Wildman–Crippen MR) is 136 cm³/mol. The number of carbonyl (C=O) groups excluding carboxylic acids is 2. The van der Waals surface area contributed by atoms with Crippen LogP contribution in [-0.4, -0.2) is 46.8 Å². The van der Waals surface area contributed by atoms with Gasteiger partial charge < -0.3 is 34.9 Å². The number of rotatable bonds is 9. The molecule has 3 N–H and O–H groups in total. The Morgan fingerprint density at radius 2 is 1.50 bits per heavy atom. The molecule has 188 valence electrons. The molecule has 1 fully saturated rings. The van der Waals surface area contributed by atoms with Gasteiger partial charge in [-0.15, -0.1) is 0 Å². The molecule has 9 heteroatoms. The predicted octanol–water partition coefficient (Wildman–Crippen LogP) is 3.49. The van der Waals surface area contributed by atoms with E-state index in [1.54, 1.807) is 23.1 Å². The topological polar surface area (TPSA) is 112 Å². The second kappa shape index (κ2) is 10.6. The van der Waals surface area contributed by atoms with Crippen LogP contribution < -0.4 is 34.9 Å². The summed E-state index contributed by atoms with van der Waals surface area (Å²) < 4.78 is 21.9. The molecule has 3 aromatic rings. The van der Waals surface area contributed by atoms with Crippen molar-refractivity contribution in [3.8, 4) is 23.0 Å². The zero-order valence-corrected chi connectivity index (χ0v) is 20.6. The third kappa shape index (κ3) is 4.40. The van der Waals surface area contributed by atoms with Crippen molar-refractivity contribution >= 4 is 23.2 Å². The third-order valence-corrected chi connectivity index (χ3v) is 6.21. The smallest absolute Gasteiger partial charge is 0.238 e. The maximum Gasteiger partial charge on any atom is 0.238 e. The molecule has 0 aliphatic carbocycles. The number of nitrogens with one attached hydrogen (secondary N) is 1. The molecule has 1 aliphatic heterocycles. The molecule has 0 bridgehead atoms. The number of ether oxygens (including phenoxy) is 4. The van der Waals surface area contributed by atoms with Gasteiger partial charge in [0.1, 0.15) is 5.75 Å². The van der Waals surface area contributed by atoms with Crippen molar-refractivity contribution in [3.05, 3.63) is 71.8 Å². The number of nitrogens with zero attached hydrogens (tertiary/aromatic N) is 1. The number of nitrogens with two attached hydrogens (primary N) is 1. The van der Waals surface area contributed by atoms with Gasteiger partial charge in [-0.3, -0.25) is 9.59 Å². The highest BCUT2D eigenvalue weighted by Crippen LogP contribution is 2.52. The van der Waals surface area contributed by atoms with E-state index in [2.05, 4.69) is 5.32 Å². The molecule has 0 spiro atoms. The summed E-state index contributed by atoms with van der Waals surface area (Å²) >= 11 is 0. The Morgan fingerprint density at radius 3 is 2.06 bits per heavy atom. The van der Waals surface area contributed by atoms with E-state index in [-0.39, 0.29) is 24.4 Å². The van der Waals surface area contributed by atoms with Crippen LogP contribution in [0.1, 0.15) is 23.1 Å². The molecule has 3 aromatic carbocycles. The van der Waals surface area contributed by atoms with Crippen LogP contribution in [0.15, 0.2) is 60.7 Å². The largest absolute Gasteiger partial charge is 0.495 e. The number of β-lactam (4-membered cyclic amide) rings is 1. The minimum atomic E-state index is -0.434. The molecular weight excluding hydrogens is 462 g/mol. The summed E-state index contributed by atoms with van der Waals surface area (Å²) in [6, 6.07) is 18.2. The first-order valence-corrected chi connectivity index (χ1v) is 11.3. The van der Waals surface area contributed by atoms with Gasteiger partial charge in [0.15, 0.2) is 11.5 Å². The SMILES string of the molecule is COc1ccc([C@H]2[C@H](c3ccccc3)C(=O)N2c2cc(OC)c(OC)c(OC)c2)cc1NC(=O)CN. The van der Waals surface area contributed by atoms with Crippen LogP contribution in [0.4, 0.5) is 11.4 Å². The average Bonchev–Trinajstić information content (AvgIpc) is 2.91. The van der Waals surface area contributed by atoms with Gasteiger partial charge in [0, 0.05) is 12.1 Å². The average molecular weight is 492 g/mol. The van der Waals surface area contributed by atoms with E-state index in [1.165, 1.54) is 28.4 Å². The van der Waals surface area contributed by atoms with E-state index < -0.39 is 5.92 Å². The van der Waals surface area contributed by atoms with Gasteiger partial charge in [0.25, 0.3) is 0 Å². The maximum atomic E-state index is 13.6. The number of amides is 2. The summed E-state index contributed by atoms with van der Waals surface area (Å²) in [6.45, 7) is -0.167. The van der Waals surface area contributed by atoms with Crippen molar-refractivity contribution in [2.24, 2.45) is 5.73 Å². The molecule has 4 rings (SSSR count). The van der Waals surface area contributed by atoms with Gasteiger partial charge >= 0.3 is 0 Å². The molecule has 1 heterocycles.